The van der Waals surface area contributed by atoms with E-state index in [4.69, 9.17) is 5.73 Å². The molecule has 0 aliphatic heterocycles. The summed E-state index contributed by atoms with van der Waals surface area (Å²) in [6, 6.07) is 10.1. The number of benzene rings is 1. The van der Waals surface area contributed by atoms with Crippen molar-refractivity contribution in [1.29, 1.82) is 0 Å². The molecule has 0 aliphatic carbocycles. The minimum atomic E-state index is 0.359. The molecule has 0 saturated carbocycles. The Hall–Kier alpha value is -1.61. The van der Waals surface area contributed by atoms with Crippen LogP contribution in [-0.4, -0.2) is 16.3 Å². The summed E-state index contributed by atoms with van der Waals surface area (Å²) in [7, 11) is 0. The fourth-order valence-corrected chi connectivity index (χ4v) is 1.86. The van der Waals surface area contributed by atoms with Gasteiger partial charge in [0, 0.05) is 5.69 Å². The minimum Gasteiger partial charge on any atom is -0.330 e. The van der Waals surface area contributed by atoms with Crippen molar-refractivity contribution in [3.63, 3.8) is 0 Å². The highest BCUT2D eigenvalue weighted by Crippen LogP contribution is 2.20. The monoisotopic (exact) mass is 215 g/mol. The predicted molar refractivity (Wildman–Crippen MR) is 65.8 cm³/mol. The first-order valence-electron chi connectivity index (χ1n) is 5.54. The molecule has 3 nitrogen and oxygen atoms in total. The van der Waals surface area contributed by atoms with Crippen molar-refractivity contribution >= 4 is 0 Å². The predicted octanol–water partition coefficient (Wildman–Crippen LogP) is 2.24. The van der Waals surface area contributed by atoms with Crippen LogP contribution in [0.5, 0.6) is 0 Å². The van der Waals surface area contributed by atoms with E-state index in [-0.39, 0.29) is 0 Å². The number of aromatic nitrogens is 2. The van der Waals surface area contributed by atoms with E-state index in [9.17, 15) is 0 Å². The van der Waals surface area contributed by atoms with Crippen LogP contribution in [0.15, 0.2) is 36.5 Å². The van der Waals surface area contributed by atoms with Gasteiger partial charge in [0.1, 0.15) is 0 Å². The standard InChI is InChI=1S/C13H17N3/c1-10(8-14)13-9-15-16(11(13)2)12-6-4-3-5-7-12/h3-7,9-10H,8,14H2,1-2H3. The van der Waals surface area contributed by atoms with Crippen LogP contribution >= 0.6 is 0 Å². The highest BCUT2D eigenvalue weighted by molar-refractivity contribution is 5.35. The Morgan fingerprint density at radius 3 is 2.62 bits per heavy atom. The zero-order valence-electron chi connectivity index (χ0n) is 9.72. The number of nitrogens with zero attached hydrogens (tertiary/aromatic N) is 2. The van der Waals surface area contributed by atoms with Gasteiger partial charge < -0.3 is 5.73 Å². The molecular weight excluding hydrogens is 198 g/mol. The molecule has 1 aromatic heterocycles. The van der Waals surface area contributed by atoms with Crippen LogP contribution in [-0.2, 0) is 0 Å². The summed E-state index contributed by atoms with van der Waals surface area (Å²) in [5.74, 6) is 0.359. The first kappa shape index (κ1) is 10.9. The van der Waals surface area contributed by atoms with Gasteiger partial charge in [-0.25, -0.2) is 4.68 Å². The lowest BCUT2D eigenvalue weighted by Gasteiger charge is -2.09. The second kappa shape index (κ2) is 4.49. The quantitative estimate of drug-likeness (QED) is 0.853. The third kappa shape index (κ3) is 1.86. The normalized spacial score (nSPS) is 12.7. The van der Waals surface area contributed by atoms with Crippen LogP contribution < -0.4 is 5.73 Å². The molecular formula is C13H17N3. The fourth-order valence-electron chi connectivity index (χ4n) is 1.86. The fraction of sp³-hybridized carbons (Fsp3) is 0.308. The molecule has 3 heteroatoms. The first-order valence-corrected chi connectivity index (χ1v) is 5.54. The molecule has 1 aromatic carbocycles. The zero-order valence-corrected chi connectivity index (χ0v) is 9.72. The van der Waals surface area contributed by atoms with Crippen molar-refractivity contribution in [3.8, 4) is 5.69 Å². The van der Waals surface area contributed by atoms with Crippen molar-refractivity contribution in [3.05, 3.63) is 47.8 Å². The van der Waals surface area contributed by atoms with Crippen LogP contribution in [0.3, 0.4) is 0 Å². The van der Waals surface area contributed by atoms with Gasteiger partial charge in [0.2, 0.25) is 0 Å². The summed E-state index contributed by atoms with van der Waals surface area (Å²) in [4.78, 5) is 0. The van der Waals surface area contributed by atoms with Crippen LogP contribution in [0, 0.1) is 6.92 Å². The summed E-state index contributed by atoms with van der Waals surface area (Å²) in [5.41, 5.74) is 9.18. The molecule has 0 amide bonds. The maximum atomic E-state index is 5.68. The Kier molecular flexibility index (Phi) is 3.06. The minimum absolute atomic E-state index is 0.359. The maximum Gasteiger partial charge on any atom is 0.0648 e. The Bertz CT molecular complexity index is 459. The van der Waals surface area contributed by atoms with Crippen LogP contribution in [0.25, 0.3) is 5.69 Å². The highest BCUT2D eigenvalue weighted by atomic mass is 15.3. The van der Waals surface area contributed by atoms with E-state index in [0.29, 0.717) is 12.5 Å². The van der Waals surface area contributed by atoms with E-state index in [2.05, 4.69) is 31.1 Å². The summed E-state index contributed by atoms with van der Waals surface area (Å²) in [6.45, 7) is 4.86. The largest absolute Gasteiger partial charge is 0.330 e. The third-order valence-electron chi connectivity index (χ3n) is 2.93. The molecule has 0 spiro atoms. The van der Waals surface area contributed by atoms with E-state index in [1.165, 1.54) is 11.3 Å². The van der Waals surface area contributed by atoms with Gasteiger partial charge >= 0.3 is 0 Å². The lowest BCUT2D eigenvalue weighted by molar-refractivity contribution is 0.762. The molecule has 0 bridgehead atoms. The van der Waals surface area contributed by atoms with Crippen molar-refractivity contribution in [1.82, 2.24) is 9.78 Å². The molecule has 84 valence electrons. The lowest BCUT2D eigenvalue weighted by Crippen LogP contribution is -2.09. The second-order valence-corrected chi connectivity index (χ2v) is 4.07. The summed E-state index contributed by atoms with van der Waals surface area (Å²) in [5, 5.41) is 4.42. The summed E-state index contributed by atoms with van der Waals surface area (Å²) < 4.78 is 1.96. The number of hydrogen-bond donors (Lipinski definition) is 1. The summed E-state index contributed by atoms with van der Waals surface area (Å²) >= 11 is 0. The number of nitrogens with two attached hydrogens (primary N) is 1. The zero-order chi connectivity index (χ0) is 11.5. The van der Waals surface area contributed by atoms with Crippen molar-refractivity contribution in [2.45, 2.75) is 19.8 Å². The molecule has 2 N–H and O–H groups in total. The van der Waals surface area contributed by atoms with Gasteiger partial charge in [-0.05, 0) is 37.1 Å². The second-order valence-electron chi connectivity index (χ2n) is 4.07. The SMILES string of the molecule is Cc1c(C(C)CN)cnn1-c1ccccc1. The van der Waals surface area contributed by atoms with E-state index in [1.807, 2.05) is 29.1 Å². The first-order chi connectivity index (χ1) is 7.74. The van der Waals surface area contributed by atoms with Gasteiger partial charge in [-0.2, -0.15) is 5.10 Å². The molecule has 1 heterocycles. The smallest absolute Gasteiger partial charge is 0.0648 e. The average Bonchev–Trinajstić information content (AvgIpc) is 2.71. The number of hydrogen-bond acceptors (Lipinski definition) is 2. The number of para-hydroxylation sites is 1. The molecule has 1 unspecified atom stereocenters. The highest BCUT2D eigenvalue weighted by Gasteiger charge is 2.12. The van der Waals surface area contributed by atoms with Gasteiger partial charge in [0.25, 0.3) is 0 Å². The Morgan fingerprint density at radius 1 is 1.31 bits per heavy atom. The van der Waals surface area contributed by atoms with E-state index < -0.39 is 0 Å². The van der Waals surface area contributed by atoms with Crippen LogP contribution in [0.2, 0.25) is 0 Å². The Balaban J connectivity index is 2.41. The molecule has 2 aromatic rings. The van der Waals surface area contributed by atoms with Gasteiger partial charge in [0.15, 0.2) is 0 Å². The molecule has 0 radical (unpaired) electrons. The molecule has 1 atom stereocenters. The Morgan fingerprint density at radius 2 is 2.00 bits per heavy atom. The molecule has 16 heavy (non-hydrogen) atoms. The van der Waals surface area contributed by atoms with Crippen molar-refractivity contribution in [2.75, 3.05) is 6.54 Å². The third-order valence-corrected chi connectivity index (χ3v) is 2.93. The Labute approximate surface area is 95.9 Å². The molecule has 0 aliphatic rings. The van der Waals surface area contributed by atoms with Gasteiger partial charge in [-0.1, -0.05) is 25.1 Å². The van der Waals surface area contributed by atoms with Gasteiger partial charge in [0.05, 0.1) is 11.9 Å². The van der Waals surface area contributed by atoms with Crippen molar-refractivity contribution < 1.29 is 0 Å². The van der Waals surface area contributed by atoms with E-state index in [1.54, 1.807) is 0 Å². The topological polar surface area (TPSA) is 43.8 Å². The van der Waals surface area contributed by atoms with Crippen LogP contribution in [0.4, 0.5) is 0 Å². The number of rotatable bonds is 3. The summed E-state index contributed by atoms with van der Waals surface area (Å²) in [6.07, 6.45) is 1.92. The molecule has 2 rings (SSSR count). The molecule has 0 fully saturated rings. The van der Waals surface area contributed by atoms with Gasteiger partial charge in [-0.3, -0.25) is 0 Å². The lowest BCUT2D eigenvalue weighted by atomic mass is 10.0. The van der Waals surface area contributed by atoms with Crippen molar-refractivity contribution in [2.24, 2.45) is 5.73 Å². The van der Waals surface area contributed by atoms with E-state index >= 15 is 0 Å². The maximum absolute atomic E-state index is 5.68. The van der Waals surface area contributed by atoms with Gasteiger partial charge in [-0.15, -0.1) is 0 Å². The van der Waals surface area contributed by atoms with E-state index in [0.717, 1.165) is 5.69 Å². The molecule has 0 saturated heterocycles. The average molecular weight is 215 g/mol. The van der Waals surface area contributed by atoms with Crippen LogP contribution in [0.1, 0.15) is 24.1 Å².